The quantitative estimate of drug-likeness (QED) is 0.675. The topological polar surface area (TPSA) is 103 Å². The molecule has 128 valence electrons. The van der Waals surface area contributed by atoms with Gasteiger partial charge in [0.25, 0.3) is 0 Å². The minimum absolute atomic E-state index is 0.115. The highest BCUT2D eigenvalue weighted by Gasteiger charge is 2.08. The fourth-order valence-electron chi connectivity index (χ4n) is 2.11. The molecule has 0 saturated carbocycles. The van der Waals surface area contributed by atoms with Crippen LogP contribution in [0.25, 0.3) is 10.6 Å². The molecule has 7 nitrogen and oxygen atoms in total. The number of nitrogens with one attached hydrogen (secondary N) is 1. The smallest absolute Gasteiger partial charge is 0.243 e. The van der Waals surface area contributed by atoms with E-state index in [0.717, 1.165) is 27.0 Å². The number of hydrogen-bond donors (Lipinski definition) is 2. The molecular formula is C17H17N5O2S. The van der Waals surface area contributed by atoms with E-state index in [0.29, 0.717) is 5.82 Å². The molecule has 0 atom stereocenters. The van der Waals surface area contributed by atoms with E-state index in [4.69, 9.17) is 10.5 Å². The van der Waals surface area contributed by atoms with Gasteiger partial charge in [0.1, 0.15) is 23.3 Å². The molecule has 0 radical (unpaired) electrons. The lowest BCUT2D eigenvalue weighted by molar-refractivity contribution is -0.122. The summed E-state index contributed by atoms with van der Waals surface area (Å²) in [6, 6.07) is 9.61. The van der Waals surface area contributed by atoms with Gasteiger partial charge in [0.05, 0.1) is 17.2 Å². The number of ether oxygens (including phenoxy) is 1. The van der Waals surface area contributed by atoms with Crippen LogP contribution in [0.3, 0.4) is 0 Å². The highest BCUT2D eigenvalue weighted by Crippen LogP contribution is 2.26. The normalized spacial score (nSPS) is 10.6. The minimum atomic E-state index is -0.498. The van der Waals surface area contributed by atoms with Crippen LogP contribution in [0.1, 0.15) is 10.6 Å². The van der Waals surface area contributed by atoms with E-state index in [2.05, 4.69) is 20.3 Å². The van der Waals surface area contributed by atoms with Gasteiger partial charge in [-0.15, -0.1) is 11.3 Å². The van der Waals surface area contributed by atoms with Gasteiger partial charge in [-0.2, -0.15) is 0 Å². The zero-order chi connectivity index (χ0) is 17.6. The predicted octanol–water partition coefficient (Wildman–Crippen LogP) is 2.65. The standard InChI is InChI=1S/C17H17N5O2S/c1-11-5-6-19-16(7-11)22-15-4-2-3-12(21-15)13-8-20-17(25-13)10-24-9-14(18)23/h2-8H,9-10H2,1H3,(H2,18,23)(H,19,21,22). The summed E-state index contributed by atoms with van der Waals surface area (Å²) in [5, 5.41) is 3.96. The minimum Gasteiger partial charge on any atom is -0.368 e. The monoisotopic (exact) mass is 355 g/mol. The number of anilines is 2. The third kappa shape index (κ3) is 4.82. The van der Waals surface area contributed by atoms with Crippen molar-refractivity contribution in [3.05, 3.63) is 53.3 Å². The third-order valence-electron chi connectivity index (χ3n) is 3.20. The molecule has 0 bridgehead atoms. The summed E-state index contributed by atoms with van der Waals surface area (Å²) in [6.45, 7) is 2.14. The van der Waals surface area contributed by atoms with E-state index in [-0.39, 0.29) is 13.2 Å². The van der Waals surface area contributed by atoms with Crippen LogP contribution in [-0.2, 0) is 16.1 Å². The van der Waals surface area contributed by atoms with Gasteiger partial charge in [-0.25, -0.2) is 15.0 Å². The Kier molecular flexibility index (Phi) is 5.32. The zero-order valence-corrected chi connectivity index (χ0v) is 14.4. The van der Waals surface area contributed by atoms with E-state index >= 15 is 0 Å². The first-order chi connectivity index (χ1) is 12.1. The summed E-state index contributed by atoms with van der Waals surface area (Å²) in [5.41, 5.74) is 6.96. The largest absolute Gasteiger partial charge is 0.368 e. The van der Waals surface area contributed by atoms with E-state index < -0.39 is 5.91 Å². The second-order valence-electron chi connectivity index (χ2n) is 5.33. The van der Waals surface area contributed by atoms with Crippen molar-refractivity contribution in [3.8, 4) is 10.6 Å². The summed E-state index contributed by atoms with van der Waals surface area (Å²) in [5.74, 6) is 0.951. The Morgan fingerprint density at radius 1 is 1.28 bits per heavy atom. The Bertz CT molecular complexity index is 881. The van der Waals surface area contributed by atoms with Crippen molar-refractivity contribution >= 4 is 28.9 Å². The number of carbonyl (C=O) groups is 1. The van der Waals surface area contributed by atoms with Crippen LogP contribution < -0.4 is 11.1 Å². The first-order valence-electron chi connectivity index (χ1n) is 7.58. The van der Waals surface area contributed by atoms with Crippen LogP contribution in [0.2, 0.25) is 0 Å². The SMILES string of the molecule is Cc1ccnc(Nc2cccc(-c3cnc(COCC(N)=O)s3)n2)c1. The molecule has 25 heavy (non-hydrogen) atoms. The number of nitrogens with two attached hydrogens (primary N) is 1. The molecule has 0 aliphatic rings. The number of carbonyl (C=O) groups excluding carboxylic acids is 1. The van der Waals surface area contributed by atoms with E-state index in [1.165, 1.54) is 11.3 Å². The summed E-state index contributed by atoms with van der Waals surface area (Å²) in [4.78, 5) is 24.7. The van der Waals surface area contributed by atoms with Gasteiger partial charge in [0.15, 0.2) is 0 Å². The lowest BCUT2D eigenvalue weighted by Gasteiger charge is -2.06. The second kappa shape index (κ2) is 7.82. The van der Waals surface area contributed by atoms with Gasteiger partial charge in [-0.05, 0) is 36.8 Å². The van der Waals surface area contributed by atoms with Crippen LogP contribution in [0.5, 0.6) is 0 Å². The van der Waals surface area contributed by atoms with Gasteiger partial charge < -0.3 is 15.8 Å². The number of pyridine rings is 2. The van der Waals surface area contributed by atoms with Crippen LogP contribution in [-0.4, -0.2) is 27.5 Å². The maximum atomic E-state index is 10.7. The van der Waals surface area contributed by atoms with Crippen molar-refractivity contribution in [1.29, 1.82) is 0 Å². The highest BCUT2D eigenvalue weighted by atomic mass is 32.1. The van der Waals surface area contributed by atoms with Gasteiger partial charge in [0.2, 0.25) is 5.91 Å². The number of aryl methyl sites for hydroxylation is 1. The Balaban J connectivity index is 1.71. The Morgan fingerprint density at radius 3 is 2.96 bits per heavy atom. The molecule has 3 heterocycles. The Morgan fingerprint density at radius 2 is 2.16 bits per heavy atom. The highest BCUT2D eigenvalue weighted by molar-refractivity contribution is 7.15. The van der Waals surface area contributed by atoms with E-state index in [9.17, 15) is 4.79 Å². The fraction of sp³-hybridized carbons (Fsp3) is 0.176. The maximum Gasteiger partial charge on any atom is 0.243 e. The molecule has 0 spiro atoms. The third-order valence-corrected chi connectivity index (χ3v) is 4.19. The van der Waals surface area contributed by atoms with E-state index in [1.807, 2.05) is 37.3 Å². The molecule has 0 aromatic carbocycles. The molecule has 3 aromatic heterocycles. The summed E-state index contributed by atoms with van der Waals surface area (Å²) < 4.78 is 5.18. The molecule has 0 saturated heterocycles. The molecule has 1 amide bonds. The average Bonchev–Trinajstić information content (AvgIpc) is 3.04. The van der Waals surface area contributed by atoms with Crippen LogP contribution in [0.4, 0.5) is 11.6 Å². The number of hydrogen-bond acceptors (Lipinski definition) is 7. The fourth-order valence-corrected chi connectivity index (χ4v) is 2.94. The number of nitrogens with zero attached hydrogens (tertiary/aromatic N) is 3. The first kappa shape index (κ1) is 17.0. The number of aromatic nitrogens is 3. The Labute approximate surface area is 148 Å². The molecular weight excluding hydrogens is 338 g/mol. The average molecular weight is 355 g/mol. The molecule has 3 rings (SSSR count). The molecule has 8 heteroatoms. The number of primary amides is 1. The van der Waals surface area contributed by atoms with Gasteiger partial charge >= 0.3 is 0 Å². The van der Waals surface area contributed by atoms with Crippen LogP contribution in [0, 0.1) is 6.92 Å². The summed E-state index contributed by atoms with van der Waals surface area (Å²) in [6.07, 6.45) is 3.49. The van der Waals surface area contributed by atoms with Crippen molar-refractivity contribution in [2.45, 2.75) is 13.5 Å². The van der Waals surface area contributed by atoms with Gasteiger partial charge in [-0.3, -0.25) is 4.79 Å². The molecule has 0 aliphatic carbocycles. The zero-order valence-electron chi connectivity index (χ0n) is 13.6. The molecule has 3 N–H and O–H groups in total. The van der Waals surface area contributed by atoms with E-state index in [1.54, 1.807) is 12.4 Å². The lowest BCUT2D eigenvalue weighted by Crippen LogP contribution is -2.17. The molecule has 0 unspecified atom stereocenters. The Hall–Kier alpha value is -2.84. The predicted molar refractivity (Wildman–Crippen MR) is 96.5 cm³/mol. The number of thiazole rings is 1. The van der Waals surface area contributed by atoms with Crippen LogP contribution >= 0.6 is 11.3 Å². The second-order valence-corrected chi connectivity index (χ2v) is 6.44. The molecule has 3 aromatic rings. The van der Waals surface area contributed by atoms with Crippen LogP contribution in [0.15, 0.2) is 42.7 Å². The van der Waals surface area contributed by atoms with Crippen molar-refractivity contribution < 1.29 is 9.53 Å². The molecule has 0 fully saturated rings. The van der Waals surface area contributed by atoms with Crippen molar-refractivity contribution in [2.75, 3.05) is 11.9 Å². The van der Waals surface area contributed by atoms with Crippen molar-refractivity contribution in [3.63, 3.8) is 0 Å². The molecule has 0 aliphatic heterocycles. The summed E-state index contributed by atoms with van der Waals surface area (Å²) in [7, 11) is 0. The first-order valence-corrected chi connectivity index (χ1v) is 8.39. The lowest BCUT2D eigenvalue weighted by atomic mass is 10.3. The number of rotatable bonds is 7. The van der Waals surface area contributed by atoms with Crippen molar-refractivity contribution in [1.82, 2.24) is 15.0 Å². The van der Waals surface area contributed by atoms with Gasteiger partial charge in [0, 0.05) is 12.4 Å². The summed E-state index contributed by atoms with van der Waals surface area (Å²) >= 11 is 1.46. The van der Waals surface area contributed by atoms with Gasteiger partial charge in [-0.1, -0.05) is 6.07 Å². The number of amides is 1. The van der Waals surface area contributed by atoms with Crippen molar-refractivity contribution in [2.24, 2.45) is 5.73 Å². The maximum absolute atomic E-state index is 10.7.